The average molecular weight is 370 g/mol. The second-order valence-corrected chi connectivity index (χ2v) is 8.67. The Morgan fingerprint density at radius 2 is 1.81 bits per heavy atom. The number of benzene rings is 1. The molecule has 2 aliphatic carbocycles. The lowest BCUT2D eigenvalue weighted by Crippen LogP contribution is -2.49. The Morgan fingerprint density at radius 1 is 1.15 bits per heavy atom. The quantitative estimate of drug-likeness (QED) is 0.856. The van der Waals surface area contributed by atoms with Crippen LogP contribution in [-0.4, -0.2) is 24.4 Å². The van der Waals surface area contributed by atoms with E-state index in [4.69, 9.17) is 5.73 Å². The first-order chi connectivity index (χ1) is 13.0. The average Bonchev–Trinajstić information content (AvgIpc) is 3.07. The first-order valence-electron chi connectivity index (χ1n) is 10.5. The molecular weight excluding hydrogens is 338 g/mol. The lowest BCUT2D eigenvalue weighted by molar-refractivity contribution is -0.128. The molecule has 1 aromatic rings. The number of nitrogens with two attached hydrogens (primary N) is 1. The number of carbonyl (C=O) groups excluding carboxylic acids is 2. The van der Waals surface area contributed by atoms with Gasteiger partial charge in [-0.1, -0.05) is 18.6 Å². The van der Waals surface area contributed by atoms with Crippen LogP contribution in [0.5, 0.6) is 0 Å². The summed E-state index contributed by atoms with van der Waals surface area (Å²) in [4.78, 5) is 26.6. The predicted octanol–water partition coefficient (Wildman–Crippen LogP) is 3.14. The van der Waals surface area contributed by atoms with E-state index in [0.717, 1.165) is 37.1 Å². The molecule has 1 aliphatic heterocycles. The molecule has 3 unspecified atom stereocenters. The molecule has 2 amide bonds. The molecule has 3 fully saturated rings. The summed E-state index contributed by atoms with van der Waals surface area (Å²) in [6, 6.07) is 8.29. The van der Waals surface area contributed by atoms with Crippen LogP contribution in [0.1, 0.15) is 63.5 Å². The van der Waals surface area contributed by atoms with Crippen molar-refractivity contribution in [3.8, 4) is 0 Å². The van der Waals surface area contributed by atoms with E-state index in [0.29, 0.717) is 24.3 Å². The lowest BCUT2D eigenvalue weighted by Gasteiger charge is -2.43. The van der Waals surface area contributed by atoms with E-state index in [1.807, 2.05) is 36.1 Å². The fourth-order valence-corrected chi connectivity index (χ4v) is 5.28. The van der Waals surface area contributed by atoms with Crippen LogP contribution < -0.4 is 16.0 Å². The number of hydrogen-bond donors (Lipinski definition) is 2. The fourth-order valence-electron chi connectivity index (χ4n) is 5.28. The monoisotopic (exact) mass is 369 g/mol. The number of hydrogen-bond acceptors (Lipinski definition) is 3. The van der Waals surface area contributed by atoms with Crippen molar-refractivity contribution in [2.45, 2.75) is 64.0 Å². The maximum atomic E-state index is 12.8. The predicted molar refractivity (Wildman–Crippen MR) is 106 cm³/mol. The Hall–Kier alpha value is -1.88. The van der Waals surface area contributed by atoms with Crippen molar-refractivity contribution in [2.75, 3.05) is 11.4 Å². The summed E-state index contributed by atoms with van der Waals surface area (Å²) in [6.45, 7) is 2.83. The molecule has 3 atom stereocenters. The van der Waals surface area contributed by atoms with E-state index < -0.39 is 0 Å². The van der Waals surface area contributed by atoms with Gasteiger partial charge in [0.05, 0.1) is 6.04 Å². The molecule has 0 spiro atoms. The van der Waals surface area contributed by atoms with Crippen LogP contribution in [0.3, 0.4) is 0 Å². The molecule has 5 heteroatoms. The third-order valence-corrected chi connectivity index (χ3v) is 6.92. The summed E-state index contributed by atoms with van der Waals surface area (Å²) in [5.41, 5.74) is 8.38. The second-order valence-electron chi connectivity index (χ2n) is 8.67. The largest absolute Gasteiger partial charge is 0.349 e. The zero-order chi connectivity index (χ0) is 19.0. The molecule has 1 aromatic carbocycles. The number of amides is 2. The van der Waals surface area contributed by atoms with Gasteiger partial charge in [0, 0.05) is 30.6 Å². The summed E-state index contributed by atoms with van der Waals surface area (Å²) in [5.74, 6) is 1.50. The molecule has 4 rings (SSSR count). The zero-order valence-electron chi connectivity index (χ0n) is 16.2. The van der Waals surface area contributed by atoms with Gasteiger partial charge in [-0.25, -0.2) is 0 Å². The minimum absolute atomic E-state index is 0.0312. The van der Waals surface area contributed by atoms with Gasteiger partial charge in [-0.3, -0.25) is 9.59 Å². The lowest BCUT2D eigenvalue weighted by atomic mass is 9.65. The molecule has 5 nitrogen and oxygen atoms in total. The normalized spacial score (nSPS) is 31.6. The van der Waals surface area contributed by atoms with Crippen molar-refractivity contribution in [3.05, 3.63) is 29.8 Å². The summed E-state index contributed by atoms with van der Waals surface area (Å²) >= 11 is 0. The highest BCUT2D eigenvalue weighted by Crippen LogP contribution is 2.42. The Labute approximate surface area is 161 Å². The molecule has 0 radical (unpaired) electrons. The van der Waals surface area contributed by atoms with Crippen LogP contribution in [-0.2, 0) is 9.59 Å². The van der Waals surface area contributed by atoms with Gasteiger partial charge in [-0.05, 0) is 68.6 Å². The fraction of sp³-hybridized carbons (Fsp3) is 0.636. The highest BCUT2D eigenvalue weighted by atomic mass is 16.2. The van der Waals surface area contributed by atoms with Crippen LogP contribution in [0.4, 0.5) is 5.69 Å². The SMILES string of the molecule is CC(NC(=O)C1CC2CCCC(C1)C2N)c1ccc(N2CCCC2=O)cc1. The minimum atomic E-state index is -0.0312. The third-order valence-electron chi connectivity index (χ3n) is 6.92. The number of rotatable bonds is 4. The van der Waals surface area contributed by atoms with Crippen LogP contribution in [0.25, 0.3) is 0 Å². The van der Waals surface area contributed by atoms with Gasteiger partial charge in [-0.15, -0.1) is 0 Å². The molecule has 2 bridgehead atoms. The van der Waals surface area contributed by atoms with Gasteiger partial charge >= 0.3 is 0 Å². The summed E-state index contributed by atoms with van der Waals surface area (Å²) in [7, 11) is 0. The molecule has 1 saturated heterocycles. The molecule has 3 aliphatic rings. The van der Waals surface area contributed by atoms with Crippen LogP contribution in [0.15, 0.2) is 24.3 Å². The molecule has 27 heavy (non-hydrogen) atoms. The Bertz CT molecular complexity index is 688. The Kier molecular flexibility index (Phi) is 5.22. The smallest absolute Gasteiger partial charge is 0.227 e. The van der Waals surface area contributed by atoms with Gasteiger partial charge in [0.2, 0.25) is 11.8 Å². The third kappa shape index (κ3) is 3.75. The van der Waals surface area contributed by atoms with Crippen molar-refractivity contribution in [1.82, 2.24) is 5.32 Å². The van der Waals surface area contributed by atoms with E-state index in [9.17, 15) is 9.59 Å². The van der Waals surface area contributed by atoms with E-state index in [-0.39, 0.29) is 23.8 Å². The summed E-state index contributed by atoms with van der Waals surface area (Å²) < 4.78 is 0. The number of fused-ring (bicyclic) bond motifs is 2. The second kappa shape index (κ2) is 7.63. The highest BCUT2D eigenvalue weighted by Gasteiger charge is 2.40. The van der Waals surface area contributed by atoms with E-state index in [1.165, 1.54) is 19.3 Å². The first kappa shape index (κ1) is 18.5. The number of carbonyl (C=O) groups is 2. The van der Waals surface area contributed by atoms with E-state index in [2.05, 4.69) is 5.32 Å². The number of anilines is 1. The maximum Gasteiger partial charge on any atom is 0.227 e. The van der Waals surface area contributed by atoms with Gasteiger partial charge in [0.1, 0.15) is 0 Å². The van der Waals surface area contributed by atoms with Crippen LogP contribution in [0, 0.1) is 17.8 Å². The van der Waals surface area contributed by atoms with Gasteiger partial charge in [-0.2, -0.15) is 0 Å². The molecule has 1 heterocycles. The Morgan fingerprint density at radius 3 is 2.41 bits per heavy atom. The van der Waals surface area contributed by atoms with Gasteiger partial charge in [0.15, 0.2) is 0 Å². The Balaban J connectivity index is 1.36. The molecule has 2 saturated carbocycles. The first-order valence-corrected chi connectivity index (χ1v) is 10.5. The number of nitrogens with zero attached hydrogens (tertiary/aromatic N) is 1. The molecule has 146 valence electrons. The topological polar surface area (TPSA) is 75.4 Å². The van der Waals surface area contributed by atoms with Crippen molar-refractivity contribution in [1.29, 1.82) is 0 Å². The highest BCUT2D eigenvalue weighted by molar-refractivity contribution is 5.95. The van der Waals surface area contributed by atoms with Gasteiger partial charge in [0.25, 0.3) is 0 Å². The van der Waals surface area contributed by atoms with Crippen molar-refractivity contribution < 1.29 is 9.59 Å². The summed E-state index contributed by atoms with van der Waals surface area (Å²) in [5, 5.41) is 3.21. The molecule has 0 aromatic heterocycles. The van der Waals surface area contributed by atoms with Crippen molar-refractivity contribution >= 4 is 17.5 Å². The number of nitrogens with one attached hydrogen (secondary N) is 1. The molecule has 3 N–H and O–H groups in total. The maximum absolute atomic E-state index is 12.8. The van der Waals surface area contributed by atoms with Crippen LogP contribution in [0.2, 0.25) is 0 Å². The van der Waals surface area contributed by atoms with Crippen LogP contribution >= 0.6 is 0 Å². The summed E-state index contributed by atoms with van der Waals surface area (Å²) in [6.07, 6.45) is 7.06. The zero-order valence-corrected chi connectivity index (χ0v) is 16.2. The van der Waals surface area contributed by atoms with E-state index in [1.54, 1.807) is 0 Å². The minimum Gasteiger partial charge on any atom is -0.349 e. The van der Waals surface area contributed by atoms with Crippen molar-refractivity contribution in [3.63, 3.8) is 0 Å². The standard InChI is InChI=1S/C22H31N3O2/c1-14(15-7-9-19(10-8-15)25-11-3-6-20(25)26)24-22(27)18-12-16-4-2-5-17(13-18)21(16)23/h7-10,14,16-18,21H,2-6,11-13,23H2,1H3,(H,24,27). The van der Waals surface area contributed by atoms with Gasteiger partial charge < -0.3 is 16.0 Å². The van der Waals surface area contributed by atoms with Crippen molar-refractivity contribution in [2.24, 2.45) is 23.5 Å². The molecular formula is C22H31N3O2. The van der Waals surface area contributed by atoms with E-state index >= 15 is 0 Å².